The van der Waals surface area contributed by atoms with Crippen LogP contribution in [0.2, 0.25) is 6.32 Å². The number of carboxylic acids is 1. The molecule has 1 atom stereocenters. The second kappa shape index (κ2) is 9.72. The van der Waals surface area contributed by atoms with Crippen molar-refractivity contribution >= 4 is 19.0 Å². The van der Waals surface area contributed by atoms with E-state index in [-0.39, 0.29) is 43.0 Å². The fourth-order valence-electron chi connectivity index (χ4n) is 2.68. The molecule has 26 heavy (non-hydrogen) atoms. The minimum absolute atomic E-state index is 0.0797. The van der Waals surface area contributed by atoms with E-state index in [0.29, 0.717) is 32.3 Å². The van der Waals surface area contributed by atoms with Gasteiger partial charge in [-0.05, 0) is 25.2 Å². The van der Waals surface area contributed by atoms with E-state index in [4.69, 9.17) is 20.2 Å². The topological polar surface area (TPSA) is 143 Å². The molecule has 1 amide bonds. The summed E-state index contributed by atoms with van der Waals surface area (Å²) in [6, 6.07) is -0.752. The third kappa shape index (κ3) is 5.56. The number of allylic oxidation sites excluding steroid dienone is 2. The molecule has 5 N–H and O–H groups in total. The number of carboxylic acid groups (broad SMARTS) is 1. The van der Waals surface area contributed by atoms with Crippen LogP contribution in [-0.2, 0) is 19.0 Å². The van der Waals surface area contributed by atoms with E-state index < -0.39 is 19.1 Å². The first kappa shape index (κ1) is 20.4. The lowest BCUT2D eigenvalue weighted by atomic mass is 9.82. The first-order valence-electron chi connectivity index (χ1n) is 8.67. The van der Waals surface area contributed by atoms with Gasteiger partial charge in [-0.3, -0.25) is 4.79 Å². The number of nitrogens with zero attached hydrogens (tertiary/aromatic N) is 1. The molecule has 1 unspecified atom stereocenters. The van der Waals surface area contributed by atoms with E-state index in [1.54, 1.807) is 12.2 Å². The van der Waals surface area contributed by atoms with Gasteiger partial charge in [-0.15, -0.1) is 0 Å². The van der Waals surface area contributed by atoms with Crippen molar-refractivity contribution in [2.75, 3.05) is 26.3 Å². The number of hydrogen-bond acceptors (Lipinski definition) is 7. The Balaban J connectivity index is 2.00. The van der Waals surface area contributed by atoms with Gasteiger partial charge in [0.2, 0.25) is 5.91 Å². The molecule has 0 spiro atoms. The van der Waals surface area contributed by atoms with Gasteiger partial charge in [0.1, 0.15) is 17.4 Å². The molecule has 0 aromatic heterocycles. The van der Waals surface area contributed by atoms with Crippen molar-refractivity contribution in [3.63, 3.8) is 0 Å². The van der Waals surface area contributed by atoms with E-state index in [0.717, 1.165) is 0 Å². The maximum atomic E-state index is 12.0. The number of nitrogens with two attached hydrogens (primary N) is 1. The summed E-state index contributed by atoms with van der Waals surface area (Å²) in [5.41, 5.74) is 5.60. The lowest BCUT2D eigenvalue weighted by molar-refractivity contribution is -0.144. The maximum Gasteiger partial charge on any atom is 0.454 e. The van der Waals surface area contributed by atoms with Crippen LogP contribution in [0.3, 0.4) is 0 Å². The maximum absolute atomic E-state index is 12.0. The zero-order valence-electron chi connectivity index (χ0n) is 14.5. The van der Waals surface area contributed by atoms with Crippen LogP contribution in [0.25, 0.3) is 0 Å². The average Bonchev–Trinajstić information content (AvgIpc) is 2.56. The number of aliphatic carboxylic acids is 1. The van der Waals surface area contributed by atoms with Gasteiger partial charge >= 0.3 is 13.1 Å². The van der Waals surface area contributed by atoms with Crippen LogP contribution >= 0.6 is 0 Å². The minimum atomic E-state index is -1.19. The highest BCUT2D eigenvalue weighted by molar-refractivity contribution is 6.42. The van der Waals surface area contributed by atoms with Crippen LogP contribution in [-0.4, -0.2) is 77.6 Å². The van der Waals surface area contributed by atoms with Gasteiger partial charge < -0.3 is 35.3 Å². The number of amides is 1. The normalized spacial score (nSPS) is 24.6. The minimum Gasteiger partial charge on any atom is -0.486 e. The van der Waals surface area contributed by atoms with Crippen LogP contribution in [0.4, 0.5) is 0 Å². The summed E-state index contributed by atoms with van der Waals surface area (Å²) >= 11 is 0. The molecule has 0 aromatic carbocycles. The molecule has 0 radical (unpaired) electrons. The lowest BCUT2D eigenvalue weighted by Gasteiger charge is -2.40. The molecular formula is C16H25BN2O7. The largest absolute Gasteiger partial charge is 0.486 e. The van der Waals surface area contributed by atoms with Gasteiger partial charge in [-0.25, -0.2) is 4.79 Å². The van der Waals surface area contributed by atoms with Crippen molar-refractivity contribution < 1.29 is 34.2 Å². The van der Waals surface area contributed by atoms with Gasteiger partial charge in [0.15, 0.2) is 0 Å². The summed E-state index contributed by atoms with van der Waals surface area (Å²) in [5.74, 6) is -1.28. The zero-order chi connectivity index (χ0) is 19.1. The Morgan fingerprint density at radius 3 is 2.85 bits per heavy atom. The van der Waals surface area contributed by atoms with Crippen LogP contribution in [0.15, 0.2) is 23.5 Å². The first-order valence-corrected chi connectivity index (χ1v) is 8.67. The van der Waals surface area contributed by atoms with E-state index in [9.17, 15) is 19.7 Å². The number of aliphatic hydroxyl groups excluding tert-OH is 1. The Hall–Kier alpha value is -1.88. The smallest absolute Gasteiger partial charge is 0.454 e. The first-order chi connectivity index (χ1) is 12.4. The second-order valence-electron chi connectivity index (χ2n) is 6.35. The molecule has 10 heteroatoms. The van der Waals surface area contributed by atoms with Crippen LogP contribution < -0.4 is 5.73 Å². The third-order valence-electron chi connectivity index (χ3n) is 4.28. The van der Waals surface area contributed by atoms with Crippen LogP contribution in [0, 0.1) is 0 Å². The standard InChI is InChI=1S/C16H25BN2O7/c18-13(5-7-20)15(21)19-8-11(9-19)26-14-4-2-1-3-6-17(24)25-10-12(14)16(22)23/h2,4,11,13,20,24H,1,3,5-10,18H2,(H,22,23)/b4-2-,14-12-. The molecule has 1 fully saturated rings. The summed E-state index contributed by atoms with van der Waals surface area (Å²) in [7, 11) is -1.01. The van der Waals surface area contributed by atoms with E-state index in [1.165, 1.54) is 4.90 Å². The number of rotatable bonds is 6. The van der Waals surface area contributed by atoms with Gasteiger partial charge in [-0.1, -0.05) is 12.5 Å². The molecule has 0 saturated carbocycles. The number of likely N-dealkylation sites (tertiary alicyclic amines) is 1. The predicted molar refractivity (Wildman–Crippen MR) is 92.9 cm³/mol. The molecule has 2 aliphatic heterocycles. The van der Waals surface area contributed by atoms with Crippen molar-refractivity contribution in [1.82, 2.24) is 4.90 Å². The number of carbonyl (C=O) groups is 2. The molecule has 0 aliphatic carbocycles. The van der Waals surface area contributed by atoms with Crippen molar-refractivity contribution in [3.8, 4) is 0 Å². The Kier molecular flexibility index (Phi) is 7.64. The summed E-state index contributed by atoms with van der Waals surface area (Å²) in [6.45, 7) is 0.163. The SMILES string of the molecule is NC(CCO)C(=O)N1CC(OC2=C(\C(=O)O)COB(O)CCC/C=C\2)C1. The number of ether oxygens (including phenoxy) is 1. The Morgan fingerprint density at radius 2 is 2.19 bits per heavy atom. The predicted octanol–water partition coefficient (Wildman–Crippen LogP) is -0.891. The summed E-state index contributed by atoms with van der Waals surface area (Å²) in [5, 5.41) is 27.9. The van der Waals surface area contributed by atoms with Crippen LogP contribution in [0.1, 0.15) is 19.3 Å². The number of carbonyl (C=O) groups excluding carboxylic acids is 1. The molecule has 0 aromatic rings. The second-order valence-corrected chi connectivity index (χ2v) is 6.35. The van der Waals surface area contributed by atoms with Crippen molar-refractivity contribution in [2.24, 2.45) is 5.73 Å². The monoisotopic (exact) mass is 368 g/mol. The summed E-state index contributed by atoms with van der Waals surface area (Å²) in [6.07, 6.45) is 5.05. The number of aliphatic hydroxyl groups is 1. The molecule has 1 saturated heterocycles. The van der Waals surface area contributed by atoms with Crippen molar-refractivity contribution in [1.29, 1.82) is 0 Å². The van der Waals surface area contributed by atoms with Gasteiger partial charge in [0.05, 0.1) is 25.7 Å². The fourth-order valence-corrected chi connectivity index (χ4v) is 2.68. The Bertz CT molecular complexity index is 575. The molecule has 9 nitrogen and oxygen atoms in total. The molecular weight excluding hydrogens is 343 g/mol. The Labute approximate surface area is 152 Å². The highest BCUT2D eigenvalue weighted by atomic mass is 16.5. The zero-order valence-corrected chi connectivity index (χ0v) is 14.5. The van der Waals surface area contributed by atoms with Crippen LogP contribution in [0.5, 0.6) is 0 Å². The summed E-state index contributed by atoms with van der Waals surface area (Å²) in [4.78, 5) is 25.0. The fraction of sp³-hybridized carbons (Fsp3) is 0.625. The molecule has 2 heterocycles. The van der Waals surface area contributed by atoms with Gasteiger partial charge in [0, 0.05) is 6.61 Å². The quantitative estimate of drug-likeness (QED) is 0.442. The summed E-state index contributed by atoms with van der Waals surface area (Å²) < 4.78 is 10.9. The highest BCUT2D eigenvalue weighted by Gasteiger charge is 2.35. The van der Waals surface area contributed by atoms with Gasteiger partial charge in [0.25, 0.3) is 0 Å². The average molecular weight is 368 g/mol. The van der Waals surface area contributed by atoms with E-state index in [1.807, 2.05) is 0 Å². The van der Waals surface area contributed by atoms with E-state index in [2.05, 4.69) is 0 Å². The van der Waals surface area contributed by atoms with Gasteiger partial charge in [-0.2, -0.15) is 0 Å². The molecule has 2 rings (SSSR count). The molecule has 2 aliphatic rings. The van der Waals surface area contributed by atoms with Crippen molar-refractivity contribution in [3.05, 3.63) is 23.5 Å². The number of hydrogen-bond donors (Lipinski definition) is 4. The highest BCUT2D eigenvalue weighted by Crippen LogP contribution is 2.21. The lowest BCUT2D eigenvalue weighted by Crippen LogP contribution is -2.58. The molecule has 144 valence electrons. The van der Waals surface area contributed by atoms with E-state index >= 15 is 0 Å². The third-order valence-corrected chi connectivity index (χ3v) is 4.28. The Morgan fingerprint density at radius 1 is 1.46 bits per heavy atom. The molecule has 0 bridgehead atoms. The van der Waals surface area contributed by atoms with Crippen molar-refractivity contribution in [2.45, 2.75) is 37.7 Å².